The van der Waals surface area contributed by atoms with E-state index < -0.39 is 46.3 Å². The fourth-order valence-electron chi connectivity index (χ4n) is 1.11. The molecule has 0 radical (unpaired) electrons. The molecule has 0 aliphatic carbocycles. The molecule has 0 heterocycles. The minimum absolute atomic E-state index is 0.534. The van der Waals surface area contributed by atoms with Crippen LogP contribution in [0.2, 0.25) is 0 Å². The monoisotopic (exact) mass is 302 g/mol. The van der Waals surface area contributed by atoms with Crippen molar-refractivity contribution in [2.75, 3.05) is 18.6 Å². The van der Waals surface area contributed by atoms with E-state index >= 15 is 0 Å². The Kier molecular flexibility index (Phi) is 7.04. The van der Waals surface area contributed by atoms with Crippen molar-refractivity contribution in [2.24, 2.45) is 0 Å². The standard InChI is InChI=1S/C10H14N4O5S/c1-7(5-12)13-9(15)8(6-20(2,17)18)14-10(16)19-4-3-11/h7-8H,4,6H2,1-2H3,(H,13,15)(H,14,16). The Morgan fingerprint density at radius 3 is 2.35 bits per heavy atom. The first kappa shape index (κ1) is 17.7. The number of carbonyl (C=O) groups is 2. The molecule has 110 valence electrons. The lowest BCUT2D eigenvalue weighted by atomic mass is 10.3. The number of nitriles is 2. The van der Waals surface area contributed by atoms with E-state index in [0.717, 1.165) is 6.26 Å². The van der Waals surface area contributed by atoms with Gasteiger partial charge in [0.05, 0.1) is 11.8 Å². The zero-order valence-electron chi connectivity index (χ0n) is 10.9. The van der Waals surface area contributed by atoms with Crippen LogP contribution in [0.5, 0.6) is 0 Å². The van der Waals surface area contributed by atoms with Crippen molar-refractivity contribution in [3.63, 3.8) is 0 Å². The van der Waals surface area contributed by atoms with E-state index in [1.165, 1.54) is 6.92 Å². The van der Waals surface area contributed by atoms with Crippen molar-refractivity contribution in [3.05, 3.63) is 0 Å². The quantitative estimate of drug-likeness (QED) is 0.617. The maximum absolute atomic E-state index is 11.7. The number of nitrogens with one attached hydrogen (secondary N) is 2. The van der Waals surface area contributed by atoms with Gasteiger partial charge in [0.25, 0.3) is 0 Å². The van der Waals surface area contributed by atoms with Gasteiger partial charge in [0.15, 0.2) is 6.61 Å². The van der Waals surface area contributed by atoms with Crippen LogP contribution in [0.25, 0.3) is 0 Å². The van der Waals surface area contributed by atoms with E-state index in [9.17, 15) is 18.0 Å². The Balaban J connectivity index is 4.82. The van der Waals surface area contributed by atoms with Crippen LogP contribution in [0, 0.1) is 22.7 Å². The van der Waals surface area contributed by atoms with Crippen LogP contribution >= 0.6 is 0 Å². The molecule has 0 aliphatic rings. The molecule has 9 nitrogen and oxygen atoms in total. The van der Waals surface area contributed by atoms with Crippen molar-refractivity contribution in [2.45, 2.75) is 19.0 Å². The Morgan fingerprint density at radius 1 is 1.30 bits per heavy atom. The number of hydrogen-bond donors (Lipinski definition) is 2. The average Bonchev–Trinajstić information content (AvgIpc) is 2.33. The molecule has 0 spiro atoms. The molecule has 0 bridgehead atoms. The fourth-order valence-corrected chi connectivity index (χ4v) is 1.95. The van der Waals surface area contributed by atoms with Gasteiger partial charge < -0.3 is 15.4 Å². The van der Waals surface area contributed by atoms with Gasteiger partial charge in [-0.05, 0) is 6.92 Å². The lowest BCUT2D eigenvalue weighted by molar-refractivity contribution is -0.122. The lowest BCUT2D eigenvalue weighted by Crippen LogP contribution is -2.52. The van der Waals surface area contributed by atoms with E-state index in [0.29, 0.717) is 0 Å². The number of alkyl carbamates (subject to hydrolysis) is 1. The SMILES string of the molecule is CC(C#N)NC(=O)C(CS(C)(=O)=O)NC(=O)OCC#N. The van der Waals surface area contributed by atoms with Crippen LogP contribution in [-0.2, 0) is 19.4 Å². The molecule has 2 atom stereocenters. The summed E-state index contributed by atoms with van der Waals surface area (Å²) in [5.41, 5.74) is 0. The minimum Gasteiger partial charge on any atom is -0.434 e. The molecule has 0 aromatic rings. The molecule has 2 N–H and O–H groups in total. The second kappa shape index (κ2) is 7.96. The first-order valence-corrected chi connectivity index (χ1v) is 7.43. The molecule has 0 fully saturated rings. The van der Waals surface area contributed by atoms with Gasteiger partial charge in [-0.3, -0.25) is 4.79 Å². The molecule has 2 amide bonds. The number of sulfone groups is 1. The van der Waals surface area contributed by atoms with E-state index in [-0.39, 0.29) is 0 Å². The van der Waals surface area contributed by atoms with E-state index in [1.807, 2.05) is 5.32 Å². The van der Waals surface area contributed by atoms with Crippen molar-refractivity contribution in [3.8, 4) is 12.1 Å². The topological polar surface area (TPSA) is 149 Å². The second-order valence-corrected chi connectivity index (χ2v) is 6.07. The third kappa shape index (κ3) is 7.89. The molecule has 0 aromatic carbocycles. The highest BCUT2D eigenvalue weighted by Crippen LogP contribution is 1.95. The summed E-state index contributed by atoms with van der Waals surface area (Å²) < 4.78 is 26.8. The highest BCUT2D eigenvalue weighted by molar-refractivity contribution is 7.90. The maximum atomic E-state index is 11.7. The fraction of sp³-hybridized carbons (Fsp3) is 0.600. The summed E-state index contributed by atoms with van der Waals surface area (Å²) in [6.07, 6.45) is -0.205. The van der Waals surface area contributed by atoms with Crippen LogP contribution in [0.3, 0.4) is 0 Å². The Hall–Kier alpha value is -2.33. The van der Waals surface area contributed by atoms with Crippen molar-refractivity contribution >= 4 is 21.8 Å². The van der Waals surface area contributed by atoms with E-state index in [1.54, 1.807) is 12.1 Å². The number of hydrogen-bond acceptors (Lipinski definition) is 7. The summed E-state index contributed by atoms with van der Waals surface area (Å²) in [6.45, 7) is 0.858. The smallest absolute Gasteiger partial charge is 0.408 e. The predicted octanol–water partition coefficient (Wildman–Crippen LogP) is -1.32. The number of ether oxygens (including phenoxy) is 1. The van der Waals surface area contributed by atoms with Crippen LogP contribution in [0.4, 0.5) is 4.79 Å². The van der Waals surface area contributed by atoms with Crippen molar-refractivity contribution in [1.82, 2.24) is 10.6 Å². The summed E-state index contributed by atoms with van der Waals surface area (Å²) in [7, 11) is -3.56. The van der Waals surface area contributed by atoms with Crippen LogP contribution in [0.15, 0.2) is 0 Å². The van der Waals surface area contributed by atoms with Gasteiger partial charge in [0.1, 0.15) is 28.0 Å². The van der Waals surface area contributed by atoms with Gasteiger partial charge in [-0.25, -0.2) is 13.2 Å². The molecule has 0 aliphatic heterocycles. The Labute approximate surface area is 116 Å². The van der Waals surface area contributed by atoms with Gasteiger partial charge >= 0.3 is 6.09 Å². The number of rotatable bonds is 6. The molecule has 0 aromatic heterocycles. The molecule has 0 saturated heterocycles. The third-order valence-corrected chi connectivity index (χ3v) is 2.84. The summed E-state index contributed by atoms with van der Waals surface area (Å²) in [6, 6.07) is 1.02. The van der Waals surface area contributed by atoms with Crippen molar-refractivity contribution in [1.29, 1.82) is 10.5 Å². The molecule has 0 saturated carbocycles. The van der Waals surface area contributed by atoms with Gasteiger partial charge in [-0.15, -0.1) is 0 Å². The highest BCUT2D eigenvalue weighted by Gasteiger charge is 2.26. The van der Waals surface area contributed by atoms with E-state index in [4.69, 9.17) is 10.5 Å². The summed E-state index contributed by atoms with van der Waals surface area (Å²) in [5, 5.41) is 21.0. The van der Waals surface area contributed by atoms with Crippen LogP contribution in [-0.4, -0.2) is 51.1 Å². The van der Waals surface area contributed by atoms with Gasteiger partial charge in [0.2, 0.25) is 5.91 Å². The van der Waals surface area contributed by atoms with Crippen molar-refractivity contribution < 1.29 is 22.7 Å². The number of amides is 2. The maximum Gasteiger partial charge on any atom is 0.408 e. The van der Waals surface area contributed by atoms with Crippen LogP contribution in [0.1, 0.15) is 6.92 Å². The van der Waals surface area contributed by atoms with Gasteiger partial charge in [-0.1, -0.05) is 0 Å². The molecule has 20 heavy (non-hydrogen) atoms. The highest BCUT2D eigenvalue weighted by atomic mass is 32.2. The number of carbonyl (C=O) groups excluding carboxylic acids is 2. The molecule has 0 rings (SSSR count). The summed E-state index contributed by atoms with van der Waals surface area (Å²) in [4.78, 5) is 23.0. The van der Waals surface area contributed by atoms with Gasteiger partial charge in [0, 0.05) is 6.26 Å². The first-order chi connectivity index (χ1) is 9.19. The van der Waals surface area contributed by atoms with E-state index in [2.05, 4.69) is 10.1 Å². The summed E-state index contributed by atoms with van der Waals surface area (Å²) >= 11 is 0. The Morgan fingerprint density at radius 2 is 1.90 bits per heavy atom. The first-order valence-electron chi connectivity index (χ1n) is 5.37. The minimum atomic E-state index is -3.56. The van der Waals surface area contributed by atoms with Crippen LogP contribution < -0.4 is 10.6 Å². The third-order valence-electron chi connectivity index (χ3n) is 1.90. The predicted molar refractivity (Wildman–Crippen MR) is 66.8 cm³/mol. The average molecular weight is 302 g/mol. The molecule has 10 heteroatoms. The Bertz CT molecular complexity index is 545. The second-order valence-electron chi connectivity index (χ2n) is 3.88. The van der Waals surface area contributed by atoms with Gasteiger partial charge in [-0.2, -0.15) is 10.5 Å². The summed E-state index contributed by atoms with van der Waals surface area (Å²) in [5.74, 6) is -1.49. The normalized spacial score (nSPS) is 13.2. The zero-order chi connectivity index (χ0) is 15.8. The zero-order valence-corrected chi connectivity index (χ0v) is 11.7. The largest absolute Gasteiger partial charge is 0.434 e. The lowest BCUT2D eigenvalue weighted by Gasteiger charge is -2.17. The molecular formula is C10H14N4O5S. The number of nitrogens with zero attached hydrogens (tertiary/aromatic N) is 2. The molecule has 2 unspecified atom stereocenters. The molecular weight excluding hydrogens is 288 g/mol.